The average molecular weight is 475 g/mol. The number of aromatic nitrogens is 1. The van der Waals surface area contributed by atoms with E-state index in [0.29, 0.717) is 36.7 Å². The van der Waals surface area contributed by atoms with E-state index < -0.39 is 0 Å². The molecule has 2 aliphatic rings. The molecule has 0 unspecified atom stereocenters. The fourth-order valence-electron chi connectivity index (χ4n) is 4.62. The van der Waals surface area contributed by atoms with Gasteiger partial charge in [0.05, 0.1) is 13.2 Å². The SMILES string of the molecule is COc1ccc(-c2nc3cccc(C(N)=C4CN(C(C)=O)CCC4=NC4CCOCC4)c3o2)cc1. The van der Waals surface area contributed by atoms with Crippen LogP contribution in [-0.2, 0) is 9.53 Å². The molecule has 35 heavy (non-hydrogen) atoms. The highest BCUT2D eigenvalue weighted by molar-refractivity contribution is 6.09. The second-order valence-electron chi connectivity index (χ2n) is 8.90. The summed E-state index contributed by atoms with van der Waals surface area (Å²) >= 11 is 0. The number of methoxy groups -OCH3 is 1. The number of piperidine rings is 1. The summed E-state index contributed by atoms with van der Waals surface area (Å²) in [5.74, 6) is 1.31. The van der Waals surface area contributed by atoms with Crippen LogP contribution in [-0.4, -0.2) is 61.0 Å². The highest BCUT2D eigenvalue weighted by Crippen LogP contribution is 2.32. The molecule has 2 aromatic carbocycles. The number of hydrogen-bond donors (Lipinski definition) is 1. The second-order valence-corrected chi connectivity index (χ2v) is 8.90. The summed E-state index contributed by atoms with van der Waals surface area (Å²) in [6.07, 6.45) is 2.47. The molecule has 5 rings (SSSR count). The van der Waals surface area contributed by atoms with Crippen molar-refractivity contribution in [3.05, 3.63) is 53.6 Å². The van der Waals surface area contributed by atoms with Crippen LogP contribution in [0.25, 0.3) is 28.3 Å². The minimum atomic E-state index is 0.0279. The van der Waals surface area contributed by atoms with Gasteiger partial charge in [-0.05, 0) is 49.2 Å². The number of fused-ring (bicyclic) bond motifs is 1. The monoisotopic (exact) mass is 474 g/mol. The topological polar surface area (TPSA) is 103 Å². The maximum absolute atomic E-state index is 12.2. The predicted octanol–water partition coefficient (Wildman–Crippen LogP) is 4.05. The Kier molecular flexibility index (Phi) is 6.55. The molecular weight excluding hydrogens is 444 g/mol. The van der Waals surface area contributed by atoms with Crippen molar-refractivity contribution in [3.63, 3.8) is 0 Å². The molecule has 0 radical (unpaired) electrons. The van der Waals surface area contributed by atoms with Gasteiger partial charge in [0.15, 0.2) is 5.58 Å². The van der Waals surface area contributed by atoms with Crippen LogP contribution < -0.4 is 10.5 Å². The van der Waals surface area contributed by atoms with E-state index in [4.69, 9.17) is 24.6 Å². The third-order valence-corrected chi connectivity index (χ3v) is 6.66. The molecule has 2 N–H and O–H groups in total. The molecule has 8 heteroatoms. The number of aliphatic imine (C=N–C) groups is 1. The third kappa shape index (κ3) is 4.79. The van der Waals surface area contributed by atoms with Crippen LogP contribution in [0.3, 0.4) is 0 Å². The van der Waals surface area contributed by atoms with Crippen LogP contribution in [0, 0.1) is 0 Å². The molecule has 0 saturated carbocycles. The maximum atomic E-state index is 12.2. The highest BCUT2D eigenvalue weighted by atomic mass is 16.5. The van der Waals surface area contributed by atoms with Crippen molar-refractivity contribution in [1.29, 1.82) is 0 Å². The van der Waals surface area contributed by atoms with E-state index in [1.165, 1.54) is 0 Å². The van der Waals surface area contributed by atoms with Gasteiger partial charge in [-0.1, -0.05) is 6.07 Å². The lowest BCUT2D eigenvalue weighted by atomic mass is 9.95. The fraction of sp³-hybridized carbons (Fsp3) is 0.370. The fourth-order valence-corrected chi connectivity index (χ4v) is 4.62. The predicted molar refractivity (Wildman–Crippen MR) is 135 cm³/mol. The number of rotatable bonds is 4. The lowest BCUT2D eigenvalue weighted by Gasteiger charge is -2.31. The molecule has 8 nitrogen and oxygen atoms in total. The summed E-state index contributed by atoms with van der Waals surface area (Å²) in [7, 11) is 1.63. The first kappa shape index (κ1) is 23.1. The van der Waals surface area contributed by atoms with Crippen molar-refractivity contribution in [1.82, 2.24) is 9.88 Å². The second kappa shape index (κ2) is 9.92. The van der Waals surface area contributed by atoms with Gasteiger partial charge in [-0.2, -0.15) is 0 Å². The average Bonchev–Trinajstić information content (AvgIpc) is 3.33. The van der Waals surface area contributed by atoms with Crippen molar-refractivity contribution in [2.45, 2.75) is 32.2 Å². The number of ether oxygens (including phenoxy) is 2. The molecule has 3 aromatic rings. The Labute approximate surface area is 204 Å². The van der Waals surface area contributed by atoms with E-state index in [2.05, 4.69) is 4.98 Å². The van der Waals surface area contributed by atoms with Crippen molar-refractivity contribution in [2.75, 3.05) is 33.4 Å². The van der Waals surface area contributed by atoms with E-state index in [0.717, 1.165) is 59.7 Å². The van der Waals surface area contributed by atoms with Crippen LogP contribution >= 0.6 is 0 Å². The minimum Gasteiger partial charge on any atom is -0.497 e. The molecule has 0 atom stereocenters. The largest absolute Gasteiger partial charge is 0.497 e. The van der Waals surface area contributed by atoms with Crippen molar-refractivity contribution < 1.29 is 18.7 Å². The molecule has 2 saturated heterocycles. The van der Waals surface area contributed by atoms with Crippen LogP contribution in [0.5, 0.6) is 5.75 Å². The van der Waals surface area contributed by atoms with Crippen LogP contribution in [0.4, 0.5) is 0 Å². The van der Waals surface area contributed by atoms with Crippen molar-refractivity contribution in [3.8, 4) is 17.2 Å². The lowest BCUT2D eigenvalue weighted by molar-refractivity contribution is -0.128. The normalized spacial score (nSPS) is 19.8. The lowest BCUT2D eigenvalue weighted by Crippen LogP contribution is -2.40. The maximum Gasteiger partial charge on any atom is 0.227 e. The van der Waals surface area contributed by atoms with E-state index in [1.807, 2.05) is 47.4 Å². The molecule has 2 fully saturated rings. The number of para-hydroxylation sites is 1. The van der Waals surface area contributed by atoms with E-state index in [1.54, 1.807) is 14.0 Å². The first-order valence-corrected chi connectivity index (χ1v) is 12.0. The number of carbonyl (C=O) groups excluding carboxylic acids is 1. The summed E-state index contributed by atoms with van der Waals surface area (Å²) in [5.41, 5.74) is 12.2. The Balaban J connectivity index is 1.57. The zero-order valence-corrected chi connectivity index (χ0v) is 20.1. The quantitative estimate of drug-likeness (QED) is 0.612. The molecule has 182 valence electrons. The van der Waals surface area contributed by atoms with E-state index in [9.17, 15) is 4.79 Å². The number of benzene rings is 2. The standard InChI is InChI=1S/C27H30N4O4/c1-17(32)31-13-10-23(29-19-11-14-34-15-12-19)22(16-31)25(28)21-4-3-5-24-26(21)35-27(30-24)18-6-8-20(33-2)9-7-18/h3-9,19H,10-16,28H2,1-2H3. The molecule has 0 aliphatic carbocycles. The summed E-state index contributed by atoms with van der Waals surface area (Å²) in [5, 5.41) is 0. The molecule has 1 aromatic heterocycles. The van der Waals surface area contributed by atoms with Crippen molar-refractivity contribution in [2.24, 2.45) is 10.7 Å². The zero-order valence-electron chi connectivity index (χ0n) is 20.1. The Morgan fingerprint density at radius 2 is 1.94 bits per heavy atom. The van der Waals surface area contributed by atoms with Gasteiger partial charge in [0.25, 0.3) is 0 Å². The van der Waals surface area contributed by atoms with E-state index in [-0.39, 0.29) is 11.9 Å². The molecule has 2 aliphatic heterocycles. The Hall–Kier alpha value is -3.65. The Morgan fingerprint density at radius 1 is 1.17 bits per heavy atom. The number of likely N-dealkylation sites (tertiary alicyclic amines) is 1. The van der Waals surface area contributed by atoms with Gasteiger partial charge in [0, 0.05) is 67.8 Å². The Bertz CT molecular complexity index is 1290. The molecule has 0 spiro atoms. The Morgan fingerprint density at radius 3 is 2.66 bits per heavy atom. The van der Waals surface area contributed by atoms with Gasteiger partial charge in [-0.15, -0.1) is 0 Å². The van der Waals surface area contributed by atoms with Gasteiger partial charge in [0.1, 0.15) is 11.3 Å². The number of nitrogens with zero attached hydrogens (tertiary/aromatic N) is 3. The van der Waals surface area contributed by atoms with E-state index >= 15 is 0 Å². The number of oxazole rings is 1. The number of nitrogens with two attached hydrogens (primary N) is 1. The number of amides is 1. The van der Waals surface area contributed by atoms with Gasteiger partial charge >= 0.3 is 0 Å². The molecular formula is C27H30N4O4. The smallest absolute Gasteiger partial charge is 0.227 e. The van der Waals surface area contributed by atoms with Gasteiger partial charge in [-0.25, -0.2) is 4.98 Å². The summed E-state index contributed by atoms with van der Waals surface area (Å²) in [6.45, 7) is 4.11. The van der Waals surface area contributed by atoms with Crippen LogP contribution in [0.1, 0.15) is 31.7 Å². The third-order valence-electron chi connectivity index (χ3n) is 6.66. The first-order chi connectivity index (χ1) is 17.0. The van der Waals surface area contributed by atoms with Gasteiger partial charge in [-0.3, -0.25) is 9.79 Å². The van der Waals surface area contributed by atoms with Crippen molar-refractivity contribution >= 4 is 28.4 Å². The molecule has 0 bridgehead atoms. The highest BCUT2D eigenvalue weighted by Gasteiger charge is 2.27. The molecule has 3 heterocycles. The van der Waals surface area contributed by atoms with Gasteiger partial charge in [0.2, 0.25) is 11.8 Å². The molecule has 1 amide bonds. The van der Waals surface area contributed by atoms with Crippen LogP contribution in [0.15, 0.2) is 57.4 Å². The summed E-state index contributed by atoms with van der Waals surface area (Å²) in [4.78, 5) is 23.8. The van der Waals surface area contributed by atoms with Crippen LogP contribution in [0.2, 0.25) is 0 Å². The number of hydrogen-bond acceptors (Lipinski definition) is 7. The minimum absolute atomic E-state index is 0.0279. The zero-order chi connectivity index (χ0) is 24.4. The summed E-state index contributed by atoms with van der Waals surface area (Å²) < 4.78 is 17.0. The summed E-state index contributed by atoms with van der Waals surface area (Å²) in [6, 6.07) is 13.6. The number of carbonyl (C=O) groups is 1. The van der Waals surface area contributed by atoms with Gasteiger partial charge < -0.3 is 24.5 Å². The first-order valence-electron chi connectivity index (χ1n) is 12.0.